The Labute approximate surface area is 151 Å². The van der Waals surface area contributed by atoms with E-state index in [1.807, 2.05) is 29.4 Å². The molecule has 26 heavy (non-hydrogen) atoms. The lowest BCUT2D eigenvalue weighted by atomic mass is 10.1. The molecule has 3 heterocycles. The smallest absolute Gasteiger partial charge is 0.270 e. The highest BCUT2D eigenvalue weighted by atomic mass is 16.2. The predicted octanol–water partition coefficient (Wildman–Crippen LogP) is 1.90. The van der Waals surface area contributed by atoms with Crippen LogP contribution in [0.25, 0.3) is 10.8 Å². The first-order chi connectivity index (χ1) is 12.6. The number of anilines is 1. The molecular weight excluding hydrogens is 328 g/mol. The van der Waals surface area contributed by atoms with Crippen LogP contribution in [0.1, 0.15) is 10.5 Å². The molecule has 1 amide bonds. The summed E-state index contributed by atoms with van der Waals surface area (Å²) in [4.78, 5) is 33.0. The van der Waals surface area contributed by atoms with Gasteiger partial charge >= 0.3 is 0 Å². The minimum atomic E-state index is -0.170. The van der Waals surface area contributed by atoms with Crippen LogP contribution < -0.4 is 10.5 Å². The van der Waals surface area contributed by atoms with Crippen molar-refractivity contribution in [3.63, 3.8) is 0 Å². The van der Waals surface area contributed by atoms with Crippen molar-refractivity contribution in [2.24, 2.45) is 7.05 Å². The summed E-state index contributed by atoms with van der Waals surface area (Å²) in [5.41, 5.74) is 1.36. The van der Waals surface area contributed by atoms with Crippen molar-refractivity contribution in [2.45, 2.75) is 0 Å². The molecule has 1 saturated heterocycles. The van der Waals surface area contributed by atoms with Crippen molar-refractivity contribution >= 4 is 22.4 Å². The number of hydrogen-bond donors (Lipinski definition) is 0. The van der Waals surface area contributed by atoms with Crippen molar-refractivity contribution in [1.82, 2.24) is 14.5 Å². The van der Waals surface area contributed by atoms with Gasteiger partial charge in [0, 0.05) is 56.3 Å². The van der Waals surface area contributed by atoms with E-state index < -0.39 is 0 Å². The normalized spacial score (nSPS) is 14.7. The van der Waals surface area contributed by atoms with Crippen LogP contribution in [0, 0.1) is 0 Å². The first-order valence-electron chi connectivity index (χ1n) is 8.68. The lowest BCUT2D eigenvalue weighted by Gasteiger charge is -2.36. The second-order valence-corrected chi connectivity index (χ2v) is 6.47. The number of rotatable bonds is 2. The number of amides is 1. The Morgan fingerprint density at radius 3 is 2.54 bits per heavy atom. The van der Waals surface area contributed by atoms with Gasteiger partial charge in [0.2, 0.25) is 0 Å². The maximum Gasteiger partial charge on any atom is 0.270 e. The summed E-state index contributed by atoms with van der Waals surface area (Å²) in [5.74, 6) is -0.0964. The second kappa shape index (κ2) is 6.63. The quantitative estimate of drug-likeness (QED) is 0.710. The molecule has 0 atom stereocenters. The average Bonchev–Trinajstić information content (AvgIpc) is 2.69. The first kappa shape index (κ1) is 16.3. The van der Waals surface area contributed by atoms with Crippen LogP contribution >= 0.6 is 0 Å². The number of pyridine rings is 2. The molecule has 0 bridgehead atoms. The Morgan fingerprint density at radius 1 is 0.962 bits per heavy atom. The van der Waals surface area contributed by atoms with Crippen LogP contribution in [0.5, 0.6) is 0 Å². The molecule has 0 N–H and O–H groups in total. The minimum Gasteiger partial charge on any atom is -0.366 e. The molecule has 0 saturated carbocycles. The Kier molecular flexibility index (Phi) is 4.16. The number of piperazine rings is 1. The van der Waals surface area contributed by atoms with E-state index in [0.29, 0.717) is 18.8 Å². The standard InChI is InChI=1S/C20H20N4O2/c1-22-17(7-4-8-19(22)25)20(26)24-11-9-23(10-12-24)18-14-21-13-15-5-2-3-6-16(15)18/h2-8,13-14H,9-12H2,1H3. The first-order valence-corrected chi connectivity index (χ1v) is 8.68. The largest absolute Gasteiger partial charge is 0.366 e. The zero-order chi connectivity index (χ0) is 18.1. The molecule has 6 nitrogen and oxygen atoms in total. The van der Waals surface area contributed by atoms with Crippen molar-refractivity contribution in [3.8, 4) is 0 Å². The molecule has 0 radical (unpaired) electrons. The van der Waals surface area contributed by atoms with Crippen molar-refractivity contribution in [1.29, 1.82) is 0 Å². The zero-order valence-electron chi connectivity index (χ0n) is 14.6. The summed E-state index contributed by atoms with van der Waals surface area (Å²) >= 11 is 0. The highest BCUT2D eigenvalue weighted by Crippen LogP contribution is 2.26. The molecule has 1 aromatic carbocycles. The van der Waals surface area contributed by atoms with E-state index in [2.05, 4.69) is 22.0 Å². The Hall–Kier alpha value is -3.15. The summed E-state index contributed by atoms with van der Waals surface area (Å²) in [7, 11) is 1.63. The summed E-state index contributed by atoms with van der Waals surface area (Å²) in [6.07, 6.45) is 3.76. The maximum atomic E-state index is 12.8. The molecule has 0 spiro atoms. The van der Waals surface area contributed by atoms with Gasteiger partial charge in [0.25, 0.3) is 11.5 Å². The van der Waals surface area contributed by atoms with E-state index in [9.17, 15) is 9.59 Å². The third kappa shape index (κ3) is 2.83. The van der Waals surface area contributed by atoms with Crippen LogP contribution in [-0.4, -0.2) is 46.5 Å². The van der Waals surface area contributed by atoms with Crippen molar-refractivity contribution < 1.29 is 4.79 Å². The van der Waals surface area contributed by atoms with Gasteiger partial charge in [-0.15, -0.1) is 0 Å². The Balaban J connectivity index is 1.53. The van der Waals surface area contributed by atoms with Gasteiger partial charge in [-0.2, -0.15) is 0 Å². The van der Waals surface area contributed by atoms with E-state index >= 15 is 0 Å². The number of aromatic nitrogens is 2. The molecule has 2 aromatic heterocycles. The fourth-order valence-electron chi connectivity index (χ4n) is 3.44. The highest BCUT2D eigenvalue weighted by Gasteiger charge is 2.24. The van der Waals surface area contributed by atoms with Gasteiger partial charge in [-0.05, 0) is 6.07 Å². The summed E-state index contributed by atoms with van der Waals surface area (Å²) in [6.45, 7) is 2.71. The van der Waals surface area contributed by atoms with Crippen LogP contribution in [0.4, 0.5) is 5.69 Å². The molecule has 3 aromatic rings. The lowest BCUT2D eigenvalue weighted by molar-refractivity contribution is 0.0736. The molecular formula is C20H20N4O2. The monoisotopic (exact) mass is 348 g/mol. The van der Waals surface area contributed by atoms with E-state index in [-0.39, 0.29) is 11.5 Å². The molecule has 1 fully saturated rings. The predicted molar refractivity (Wildman–Crippen MR) is 102 cm³/mol. The zero-order valence-corrected chi connectivity index (χ0v) is 14.6. The van der Waals surface area contributed by atoms with Gasteiger partial charge < -0.3 is 14.4 Å². The Morgan fingerprint density at radius 2 is 1.73 bits per heavy atom. The number of carbonyl (C=O) groups excluding carboxylic acids is 1. The lowest BCUT2D eigenvalue weighted by Crippen LogP contribution is -2.49. The van der Waals surface area contributed by atoms with E-state index in [1.165, 1.54) is 16.0 Å². The van der Waals surface area contributed by atoms with Gasteiger partial charge in [0.05, 0.1) is 11.9 Å². The van der Waals surface area contributed by atoms with Gasteiger partial charge in [0.15, 0.2) is 0 Å². The molecule has 1 aliphatic rings. The molecule has 6 heteroatoms. The summed E-state index contributed by atoms with van der Waals surface area (Å²) < 4.78 is 1.41. The van der Waals surface area contributed by atoms with Gasteiger partial charge in [0.1, 0.15) is 5.69 Å². The van der Waals surface area contributed by atoms with Gasteiger partial charge in [-0.3, -0.25) is 14.6 Å². The fraction of sp³-hybridized carbons (Fsp3) is 0.250. The van der Waals surface area contributed by atoms with Gasteiger partial charge in [-0.1, -0.05) is 30.3 Å². The van der Waals surface area contributed by atoms with Crippen molar-refractivity contribution in [3.05, 3.63) is 70.9 Å². The molecule has 4 rings (SSSR count). The molecule has 0 aliphatic carbocycles. The summed E-state index contributed by atoms with van der Waals surface area (Å²) in [5, 5.41) is 2.29. The molecule has 1 aliphatic heterocycles. The highest BCUT2D eigenvalue weighted by molar-refractivity contribution is 5.94. The van der Waals surface area contributed by atoms with E-state index in [0.717, 1.165) is 24.2 Å². The number of nitrogens with zero attached hydrogens (tertiary/aromatic N) is 4. The summed E-state index contributed by atoms with van der Waals surface area (Å²) in [6, 6.07) is 13.0. The van der Waals surface area contributed by atoms with Gasteiger partial charge in [-0.25, -0.2) is 0 Å². The third-order valence-corrected chi connectivity index (χ3v) is 4.96. The molecule has 0 unspecified atom stereocenters. The minimum absolute atomic E-state index is 0.0964. The number of fused-ring (bicyclic) bond motifs is 1. The average molecular weight is 348 g/mol. The SMILES string of the molecule is Cn1c(C(=O)N2CCN(c3cncc4ccccc34)CC2)cccc1=O. The van der Waals surface area contributed by atoms with Crippen LogP contribution in [0.2, 0.25) is 0 Å². The number of benzene rings is 1. The Bertz CT molecular complexity index is 1010. The second-order valence-electron chi connectivity index (χ2n) is 6.47. The van der Waals surface area contributed by atoms with E-state index in [1.54, 1.807) is 19.2 Å². The van der Waals surface area contributed by atoms with Crippen LogP contribution in [0.3, 0.4) is 0 Å². The van der Waals surface area contributed by atoms with Crippen LogP contribution in [-0.2, 0) is 7.05 Å². The third-order valence-electron chi connectivity index (χ3n) is 4.96. The molecule has 132 valence electrons. The van der Waals surface area contributed by atoms with Crippen LogP contribution in [0.15, 0.2) is 59.7 Å². The van der Waals surface area contributed by atoms with Crippen molar-refractivity contribution in [2.75, 3.05) is 31.1 Å². The van der Waals surface area contributed by atoms with E-state index in [4.69, 9.17) is 0 Å². The number of hydrogen-bond acceptors (Lipinski definition) is 4. The number of carbonyl (C=O) groups is 1. The topological polar surface area (TPSA) is 58.4 Å². The maximum absolute atomic E-state index is 12.8. The fourth-order valence-corrected chi connectivity index (χ4v) is 3.44.